The van der Waals surface area contributed by atoms with E-state index < -0.39 is 0 Å². The van der Waals surface area contributed by atoms with Crippen LogP contribution in [0.4, 0.5) is 0 Å². The number of hydrogen-bond donors (Lipinski definition) is 2. The first-order valence-electron chi connectivity index (χ1n) is 7.52. The molecule has 2 aromatic rings. The van der Waals surface area contributed by atoms with Crippen LogP contribution in [0.3, 0.4) is 0 Å². The van der Waals surface area contributed by atoms with Gasteiger partial charge in [0.15, 0.2) is 5.16 Å². The zero-order valence-electron chi connectivity index (χ0n) is 13.7. The van der Waals surface area contributed by atoms with Crippen molar-refractivity contribution in [3.05, 3.63) is 45.7 Å². The van der Waals surface area contributed by atoms with E-state index in [2.05, 4.69) is 10.3 Å². The third kappa shape index (κ3) is 5.90. The van der Waals surface area contributed by atoms with Crippen LogP contribution in [0.5, 0.6) is 0 Å². The number of aliphatic hydroxyl groups excluding tert-OH is 1. The summed E-state index contributed by atoms with van der Waals surface area (Å²) in [5.41, 5.74) is 1.57. The molecule has 0 saturated heterocycles. The molecular weight excluding hydrogens is 385 g/mol. The maximum Gasteiger partial charge on any atom is 0.240 e. The Kier molecular flexibility index (Phi) is 8.05. The molecule has 0 unspecified atom stereocenters. The average Bonchev–Trinajstić information content (AvgIpc) is 2.98. The molecule has 1 amide bonds. The van der Waals surface area contributed by atoms with E-state index in [-0.39, 0.29) is 19.1 Å². The molecule has 0 atom stereocenters. The normalized spacial score (nSPS) is 10.9. The maximum atomic E-state index is 12.0. The van der Waals surface area contributed by atoms with E-state index in [1.807, 2.05) is 6.07 Å². The lowest BCUT2D eigenvalue weighted by Crippen LogP contribution is -2.31. The minimum Gasteiger partial charge on any atom is -0.390 e. The standard InChI is InChI=1S/C16H19Cl2N3O3S/c1-24-5-4-19-15(23)8-21-12(9-22)7-20-16(21)25-10-11-2-3-13(17)14(18)6-11/h2-3,6-7,22H,4-5,8-10H2,1H3,(H,19,23). The Hall–Kier alpha value is -1.25. The van der Waals surface area contributed by atoms with E-state index in [0.717, 1.165) is 5.56 Å². The Morgan fingerprint density at radius 1 is 1.40 bits per heavy atom. The number of amides is 1. The summed E-state index contributed by atoms with van der Waals surface area (Å²) in [6.07, 6.45) is 1.57. The van der Waals surface area contributed by atoms with Gasteiger partial charge in [0.2, 0.25) is 5.91 Å². The molecule has 2 N–H and O–H groups in total. The van der Waals surface area contributed by atoms with Crippen LogP contribution in [-0.4, -0.2) is 40.8 Å². The average molecular weight is 404 g/mol. The van der Waals surface area contributed by atoms with Crippen LogP contribution < -0.4 is 5.32 Å². The minimum absolute atomic E-state index is 0.0866. The van der Waals surface area contributed by atoms with Crippen LogP contribution in [0, 0.1) is 0 Å². The summed E-state index contributed by atoms with van der Waals surface area (Å²) in [5, 5.41) is 13.9. The lowest BCUT2D eigenvalue weighted by Gasteiger charge is -2.11. The fraction of sp³-hybridized carbons (Fsp3) is 0.375. The fourth-order valence-corrected chi connectivity index (χ4v) is 3.33. The summed E-state index contributed by atoms with van der Waals surface area (Å²) in [6.45, 7) is 0.778. The Labute approximate surface area is 160 Å². The van der Waals surface area contributed by atoms with Gasteiger partial charge in [-0.05, 0) is 17.7 Å². The van der Waals surface area contributed by atoms with Crippen molar-refractivity contribution in [1.82, 2.24) is 14.9 Å². The Bertz CT molecular complexity index is 725. The zero-order valence-corrected chi connectivity index (χ0v) is 16.0. The van der Waals surface area contributed by atoms with Crippen molar-refractivity contribution < 1.29 is 14.6 Å². The molecule has 2 rings (SSSR count). The predicted octanol–water partition coefficient (Wildman–Crippen LogP) is 2.74. The number of rotatable bonds is 9. The monoisotopic (exact) mass is 403 g/mol. The van der Waals surface area contributed by atoms with E-state index in [1.165, 1.54) is 11.8 Å². The molecule has 9 heteroatoms. The molecule has 0 aliphatic rings. The highest BCUT2D eigenvalue weighted by Crippen LogP contribution is 2.27. The molecule has 0 radical (unpaired) electrons. The van der Waals surface area contributed by atoms with E-state index >= 15 is 0 Å². The van der Waals surface area contributed by atoms with E-state index in [0.29, 0.717) is 39.8 Å². The van der Waals surface area contributed by atoms with Crippen molar-refractivity contribution in [2.45, 2.75) is 24.1 Å². The largest absolute Gasteiger partial charge is 0.390 e. The number of halogens is 2. The molecule has 0 spiro atoms. The molecule has 1 aromatic carbocycles. The summed E-state index contributed by atoms with van der Waals surface area (Å²) in [7, 11) is 1.57. The molecule has 1 aromatic heterocycles. The topological polar surface area (TPSA) is 76.4 Å². The van der Waals surface area contributed by atoms with Gasteiger partial charge in [0.1, 0.15) is 6.54 Å². The molecule has 0 fully saturated rings. The lowest BCUT2D eigenvalue weighted by atomic mass is 10.2. The highest BCUT2D eigenvalue weighted by molar-refractivity contribution is 7.98. The van der Waals surface area contributed by atoms with E-state index in [4.69, 9.17) is 27.9 Å². The number of aliphatic hydroxyl groups is 1. The van der Waals surface area contributed by atoms with Crippen LogP contribution >= 0.6 is 35.0 Å². The summed E-state index contributed by atoms with van der Waals surface area (Å²) in [4.78, 5) is 16.3. The molecule has 0 saturated carbocycles. The van der Waals surface area contributed by atoms with Crippen molar-refractivity contribution in [1.29, 1.82) is 0 Å². The number of benzene rings is 1. The van der Waals surface area contributed by atoms with Crippen LogP contribution in [0.1, 0.15) is 11.3 Å². The highest BCUT2D eigenvalue weighted by Gasteiger charge is 2.13. The van der Waals surface area contributed by atoms with Crippen molar-refractivity contribution in [2.24, 2.45) is 0 Å². The second-order valence-electron chi connectivity index (χ2n) is 5.16. The number of ether oxygens (including phenoxy) is 1. The van der Waals surface area contributed by atoms with Crippen molar-refractivity contribution >= 4 is 40.9 Å². The van der Waals surface area contributed by atoms with Gasteiger partial charge in [-0.1, -0.05) is 41.0 Å². The molecule has 1 heterocycles. The first-order chi connectivity index (χ1) is 12.0. The van der Waals surface area contributed by atoms with Gasteiger partial charge < -0.3 is 19.7 Å². The number of thioether (sulfide) groups is 1. The SMILES string of the molecule is COCCNC(=O)Cn1c(CO)cnc1SCc1ccc(Cl)c(Cl)c1. The van der Waals surface area contributed by atoms with Gasteiger partial charge >= 0.3 is 0 Å². The Morgan fingerprint density at radius 2 is 2.20 bits per heavy atom. The quantitative estimate of drug-likeness (QED) is 0.497. The molecule has 0 aliphatic carbocycles. The minimum atomic E-state index is -0.189. The predicted molar refractivity (Wildman–Crippen MR) is 99.1 cm³/mol. The smallest absolute Gasteiger partial charge is 0.240 e. The third-order valence-electron chi connectivity index (χ3n) is 3.35. The van der Waals surface area contributed by atoms with Crippen LogP contribution in [0.25, 0.3) is 0 Å². The van der Waals surface area contributed by atoms with Gasteiger partial charge in [-0.25, -0.2) is 4.98 Å². The molecule has 25 heavy (non-hydrogen) atoms. The molecular formula is C16H19Cl2N3O3S. The first-order valence-corrected chi connectivity index (χ1v) is 9.27. The second kappa shape index (κ2) is 10.0. The van der Waals surface area contributed by atoms with Crippen molar-refractivity contribution in [3.63, 3.8) is 0 Å². The fourth-order valence-electron chi connectivity index (χ4n) is 2.07. The number of nitrogens with one attached hydrogen (secondary N) is 1. The molecule has 6 nitrogen and oxygen atoms in total. The van der Waals surface area contributed by atoms with Gasteiger partial charge in [-0.3, -0.25) is 4.79 Å². The number of methoxy groups -OCH3 is 1. The van der Waals surface area contributed by atoms with Gasteiger partial charge in [-0.2, -0.15) is 0 Å². The van der Waals surface area contributed by atoms with Crippen molar-refractivity contribution in [2.75, 3.05) is 20.3 Å². The molecule has 0 aliphatic heterocycles. The summed E-state index contributed by atoms with van der Waals surface area (Å²) >= 11 is 13.4. The summed E-state index contributed by atoms with van der Waals surface area (Å²) in [5.74, 6) is 0.450. The number of hydrogen-bond acceptors (Lipinski definition) is 5. The first kappa shape index (κ1) is 20.1. The maximum absolute atomic E-state index is 12.0. The van der Waals surface area contributed by atoms with Crippen LogP contribution in [-0.2, 0) is 28.4 Å². The summed E-state index contributed by atoms with van der Waals surface area (Å²) < 4.78 is 6.60. The number of carbonyl (C=O) groups excluding carboxylic acids is 1. The lowest BCUT2D eigenvalue weighted by molar-refractivity contribution is -0.122. The zero-order chi connectivity index (χ0) is 18.2. The molecule has 136 valence electrons. The number of imidazole rings is 1. The Balaban J connectivity index is 2.03. The van der Waals surface area contributed by atoms with Crippen LogP contribution in [0.15, 0.2) is 29.6 Å². The Morgan fingerprint density at radius 3 is 2.88 bits per heavy atom. The summed E-state index contributed by atoms with van der Waals surface area (Å²) in [6, 6.07) is 5.43. The third-order valence-corrected chi connectivity index (χ3v) is 5.15. The van der Waals surface area contributed by atoms with E-state index in [1.54, 1.807) is 30.0 Å². The number of carbonyl (C=O) groups is 1. The highest BCUT2D eigenvalue weighted by atomic mass is 35.5. The second-order valence-corrected chi connectivity index (χ2v) is 6.91. The number of nitrogens with zero attached hydrogens (tertiary/aromatic N) is 2. The van der Waals surface area contributed by atoms with Gasteiger partial charge in [-0.15, -0.1) is 0 Å². The van der Waals surface area contributed by atoms with Gasteiger partial charge in [0.05, 0.1) is 35.1 Å². The molecule has 0 bridgehead atoms. The van der Waals surface area contributed by atoms with E-state index in [9.17, 15) is 9.90 Å². The van der Waals surface area contributed by atoms with Gasteiger partial charge in [0.25, 0.3) is 0 Å². The number of aromatic nitrogens is 2. The van der Waals surface area contributed by atoms with Gasteiger partial charge in [0, 0.05) is 19.4 Å². The van der Waals surface area contributed by atoms with Crippen LogP contribution in [0.2, 0.25) is 10.0 Å². The van der Waals surface area contributed by atoms with Crippen molar-refractivity contribution in [3.8, 4) is 0 Å².